The number of para-hydroxylation sites is 1. The van der Waals surface area contributed by atoms with E-state index in [1.807, 2.05) is 23.8 Å². The van der Waals surface area contributed by atoms with Crippen LogP contribution in [-0.4, -0.2) is 57.5 Å². The average Bonchev–Trinajstić information content (AvgIpc) is 3.40. The van der Waals surface area contributed by atoms with E-state index in [0.29, 0.717) is 38.0 Å². The minimum atomic E-state index is -3.01. The molecule has 10 heteroatoms. The first-order valence-corrected chi connectivity index (χ1v) is 12.0. The van der Waals surface area contributed by atoms with Crippen molar-refractivity contribution in [2.45, 2.75) is 45.3 Å². The number of imidazole rings is 1. The van der Waals surface area contributed by atoms with Crippen molar-refractivity contribution in [3.8, 4) is 5.75 Å². The number of nitrogens with one attached hydrogen (secondary N) is 1. The zero-order valence-corrected chi connectivity index (χ0v) is 20.1. The van der Waals surface area contributed by atoms with Gasteiger partial charge in [0.2, 0.25) is 0 Å². The van der Waals surface area contributed by atoms with Crippen molar-refractivity contribution in [1.29, 1.82) is 0 Å². The molecule has 36 heavy (non-hydrogen) atoms. The van der Waals surface area contributed by atoms with Crippen LogP contribution < -0.4 is 10.1 Å². The predicted octanol–water partition coefficient (Wildman–Crippen LogP) is 4.03. The molecule has 8 nitrogen and oxygen atoms in total. The van der Waals surface area contributed by atoms with Gasteiger partial charge in [-0.25, -0.2) is 4.98 Å². The van der Waals surface area contributed by atoms with Crippen molar-refractivity contribution in [2.24, 2.45) is 0 Å². The van der Waals surface area contributed by atoms with Gasteiger partial charge in [-0.15, -0.1) is 0 Å². The summed E-state index contributed by atoms with van der Waals surface area (Å²) in [6.07, 6.45) is 7.34. The summed E-state index contributed by atoms with van der Waals surface area (Å²) in [6, 6.07) is 9.65. The zero-order chi connectivity index (χ0) is 25.5. The Morgan fingerprint density at radius 1 is 1.14 bits per heavy atom. The van der Waals surface area contributed by atoms with E-state index in [2.05, 4.69) is 20.0 Å². The molecule has 2 aromatic heterocycles. The van der Waals surface area contributed by atoms with Gasteiger partial charge in [0.05, 0.1) is 23.1 Å². The van der Waals surface area contributed by atoms with Gasteiger partial charge in [-0.1, -0.05) is 12.1 Å². The second-order valence-electron chi connectivity index (χ2n) is 8.74. The fourth-order valence-electron chi connectivity index (χ4n) is 4.43. The maximum atomic E-state index is 13.0. The van der Waals surface area contributed by atoms with Crippen LogP contribution in [0, 0.1) is 6.92 Å². The molecule has 1 N–H and O–H groups in total. The number of benzene rings is 1. The molecule has 0 unspecified atom stereocenters. The highest BCUT2D eigenvalue weighted by molar-refractivity contribution is 5.97. The molecule has 0 bridgehead atoms. The Balaban J connectivity index is 1.38. The lowest BCUT2D eigenvalue weighted by Crippen LogP contribution is -2.39. The fourth-order valence-corrected chi connectivity index (χ4v) is 4.43. The van der Waals surface area contributed by atoms with Gasteiger partial charge in [-0.05, 0) is 50.5 Å². The van der Waals surface area contributed by atoms with Gasteiger partial charge in [0.15, 0.2) is 0 Å². The largest absolute Gasteiger partial charge is 0.434 e. The summed E-state index contributed by atoms with van der Waals surface area (Å²) in [5, 5.41) is 2.98. The summed E-state index contributed by atoms with van der Waals surface area (Å²) < 4.78 is 32.0. The summed E-state index contributed by atoms with van der Waals surface area (Å²) >= 11 is 0. The van der Waals surface area contributed by atoms with Gasteiger partial charge in [-0.2, -0.15) is 8.78 Å². The monoisotopic (exact) mass is 497 g/mol. The van der Waals surface area contributed by atoms with Gasteiger partial charge in [0.25, 0.3) is 11.8 Å². The van der Waals surface area contributed by atoms with Crippen molar-refractivity contribution in [3.63, 3.8) is 0 Å². The number of halogens is 2. The number of amides is 2. The third-order valence-corrected chi connectivity index (χ3v) is 6.25. The molecule has 0 saturated carbocycles. The second kappa shape index (κ2) is 11.7. The topological polar surface area (TPSA) is 89.4 Å². The molecule has 3 heterocycles. The Morgan fingerprint density at radius 2 is 1.92 bits per heavy atom. The van der Waals surface area contributed by atoms with Crippen molar-refractivity contribution in [3.05, 3.63) is 77.6 Å². The standard InChI is InChI=1S/C26H29F2N5O3/c1-18-7-8-21(24(34)30-11-4-13-32-16-12-29-17-32)23(31-18)19-9-14-33(15-10-19)25(35)20-5-2-3-6-22(20)36-26(27)28/h2-3,5-8,12,16-17,19,26H,4,9-11,13-15H2,1H3,(H,30,34). The molecule has 190 valence electrons. The molecule has 3 aromatic rings. The predicted molar refractivity (Wildman–Crippen MR) is 129 cm³/mol. The summed E-state index contributed by atoms with van der Waals surface area (Å²) in [7, 11) is 0. The molecule has 4 rings (SSSR count). The van der Waals surface area contributed by atoms with Crippen LogP contribution in [-0.2, 0) is 6.54 Å². The molecule has 0 spiro atoms. The summed E-state index contributed by atoms with van der Waals surface area (Å²) in [5.41, 5.74) is 2.21. The highest BCUT2D eigenvalue weighted by Gasteiger charge is 2.29. The molecular weight excluding hydrogens is 468 g/mol. The smallest absolute Gasteiger partial charge is 0.387 e. The first kappa shape index (κ1) is 25.3. The third-order valence-electron chi connectivity index (χ3n) is 6.25. The summed E-state index contributed by atoms with van der Waals surface area (Å²) in [5.74, 6) is -0.641. The number of pyridine rings is 1. The van der Waals surface area contributed by atoms with Crippen molar-refractivity contribution in [1.82, 2.24) is 24.8 Å². The van der Waals surface area contributed by atoms with E-state index in [0.717, 1.165) is 24.4 Å². The maximum absolute atomic E-state index is 13.0. The average molecular weight is 498 g/mol. The lowest BCUT2D eigenvalue weighted by Gasteiger charge is -2.32. The minimum absolute atomic E-state index is 0.00760. The van der Waals surface area contributed by atoms with E-state index < -0.39 is 6.61 Å². The first-order valence-electron chi connectivity index (χ1n) is 12.0. The molecule has 0 atom stereocenters. The molecule has 2 amide bonds. The Bertz CT molecular complexity index is 1180. The van der Waals surface area contributed by atoms with Crippen molar-refractivity contribution in [2.75, 3.05) is 19.6 Å². The van der Waals surface area contributed by atoms with Crippen LogP contribution in [0.3, 0.4) is 0 Å². The Morgan fingerprint density at radius 3 is 2.64 bits per heavy atom. The number of nitrogens with zero attached hydrogens (tertiary/aromatic N) is 4. The molecular formula is C26H29F2N5O3. The SMILES string of the molecule is Cc1ccc(C(=O)NCCCn2ccnc2)c(C2CCN(C(=O)c3ccccc3OC(F)F)CC2)n1. The van der Waals surface area contributed by atoms with E-state index in [-0.39, 0.29) is 29.0 Å². The highest BCUT2D eigenvalue weighted by Crippen LogP contribution is 2.31. The Labute approximate surface area is 208 Å². The van der Waals surface area contributed by atoms with Gasteiger partial charge in [0.1, 0.15) is 5.75 Å². The summed E-state index contributed by atoms with van der Waals surface area (Å²) in [6.45, 7) is 1.01. The van der Waals surface area contributed by atoms with Crippen LogP contribution in [0.2, 0.25) is 0 Å². The number of hydrogen-bond donors (Lipinski definition) is 1. The number of piperidine rings is 1. The molecule has 1 saturated heterocycles. The van der Waals surface area contributed by atoms with Crippen LogP contribution in [0.5, 0.6) is 5.75 Å². The van der Waals surface area contributed by atoms with Crippen LogP contribution in [0.1, 0.15) is 57.3 Å². The van der Waals surface area contributed by atoms with Gasteiger partial charge in [-0.3, -0.25) is 14.6 Å². The zero-order valence-electron chi connectivity index (χ0n) is 20.1. The van der Waals surface area contributed by atoms with Crippen molar-refractivity contribution < 1.29 is 23.1 Å². The molecule has 1 aliphatic heterocycles. The molecule has 1 aliphatic rings. The first-order chi connectivity index (χ1) is 17.4. The Hall–Kier alpha value is -3.82. The summed E-state index contributed by atoms with van der Waals surface area (Å²) in [4.78, 5) is 36.3. The molecule has 0 aliphatic carbocycles. The quantitative estimate of drug-likeness (QED) is 0.451. The number of alkyl halides is 2. The number of likely N-dealkylation sites (tertiary alicyclic amines) is 1. The van der Waals surface area contributed by atoms with Crippen molar-refractivity contribution >= 4 is 11.8 Å². The number of hydrogen-bond acceptors (Lipinski definition) is 5. The van der Waals surface area contributed by atoms with E-state index in [9.17, 15) is 18.4 Å². The van der Waals surface area contributed by atoms with E-state index in [4.69, 9.17) is 0 Å². The number of carbonyl (C=O) groups excluding carboxylic acids is 2. The molecule has 1 aromatic carbocycles. The fraction of sp³-hybridized carbons (Fsp3) is 0.385. The normalized spacial score (nSPS) is 14.2. The Kier molecular flexibility index (Phi) is 8.24. The minimum Gasteiger partial charge on any atom is -0.434 e. The van der Waals surface area contributed by atoms with Gasteiger partial charge >= 0.3 is 6.61 Å². The number of carbonyl (C=O) groups is 2. The number of ether oxygens (including phenoxy) is 1. The van der Waals surface area contributed by atoms with Crippen LogP contribution in [0.25, 0.3) is 0 Å². The lowest BCUT2D eigenvalue weighted by atomic mass is 9.89. The lowest BCUT2D eigenvalue weighted by molar-refractivity contribution is -0.0503. The van der Waals surface area contributed by atoms with Crippen LogP contribution >= 0.6 is 0 Å². The van der Waals surface area contributed by atoms with E-state index >= 15 is 0 Å². The number of aryl methyl sites for hydroxylation is 2. The molecule has 1 fully saturated rings. The van der Waals surface area contributed by atoms with E-state index in [1.54, 1.807) is 35.6 Å². The van der Waals surface area contributed by atoms with Gasteiger partial charge in [0, 0.05) is 50.2 Å². The van der Waals surface area contributed by atoms with E-state index in [1.165, 1.54) is 12.1 Å². The molecule has 0 radical (unpaired) electrons. The maximum Gasteiger partial charge on any atom is 0.387 e. The van der Waals surface area contributed by atoms with Crippen LogP contribution in [0.4, 0.5) is 8.78 Å². The second-order valence-corrected chi connectivity index (χ2v) is 8.74. The highest BCUT2D eigenvalue weighted by atomic mass is 19.3. The number of rotatable bonds is 9. The van der Waals surface area contributed by atoms with Gasteiger partial charge < -0.3 is 19.5 Å². The number of aromatic nitrogens is 3. The van der Waals surface area contributed by atoms with Crippen LogP contribution in [0.15, 0.2) is 55.1 Å². The third kappa shape index (κ3) is 6.24.